The highest BCUT2D eigenvalue weighted by molar-refractivity contribution is 6.31. The first-order valence-corrected chi connectivity index (χ1v) is 12.7. The Morgan fingerprint density at radius 2 is 1.76 bits per heavy atom. The van der Waals surface area contributed by atoms with Gasteiger partial charge >= 0.3 is 12.1 Å². The Kier molecular flexibility index (Phi) is 8.98. The van der Waals surface area contributed by atoms with Crippen molar-refractivity contribution in [3.05, 3.63) is 106 Å². The number of anilines is 1. The number of amides is 2. The molecule has 0 bridgehead atoms. The average molecular weight is 584 g/mol. The van der Waals surface area contributed by atoms with E-state index in [2.05, 4.69) is 15.8 Å². The first-order chi connectivity index (χ1) is 19.5. The van der Waals surface area contributed by atoms with E-state index in [1.807, 2.05) is 0 Å². The van der Waals surface area contributed by atoms with Crippen LogP contribution in [-0.4, -0.2) is 34.3 Å². The lowest BCUT2D eigenvalue weighted by atomic mass is 10.0. The second-order valence-corrected chi connectivity index (χ2v) is 9.47. The van der Waals surface area contributed by atoms with Gasteiger partial charge in [0.1, 0.15) is 23.5 Å². The predicted molar refractivity (Wildman–Crippen MR) is 146 cm³/mol. The molecule has 0 fully saturated rings. The van der Waals surface area contributed by atoms with Gasteiger partial charge in [0.2, 0.25) is 0 Å². The van der Waals surface area contributed by atoms with Crippen molar-refractivity contribution in [1.29, 1.82) is 0 Å². The van der Waals surface area contributed by atoms with Gasteiger partial charge in [0.15, 0.2) is 17.4 Å². The zero-order valence-electron chi connectivity index (χ0n) is 21.8. The van der Waals surface area contributed by atoms with Crippen LogP contribution in [0.1, 0.15) is 40.2 Å². The minimum atomic E-state index is -1.39. The summed E-state index contributed by atoms with van der Waals surface area (Å²) in [6.45, 7) is 3.31. The molecule has 0 aliphatic carbocycles. The summed E-state index contributed by atoms with van der Waals surface area (Å²) < 4.78 is 37.6. The van der Waals surface area contributed by atoms with Gasteiger partial charge in [-0.1, -0.05) is 53.2 Å². The second kappa shape index (κ2) is 12.6. The number of hydrogen-bond donors (Lipinski definition) is 3. The second-order valence-electron chi connectivity index (χ2n) is 9.06. The molecule has 0 saturated carbocycles. The number of nitrogens with zero attached hydrogens (tertiary/aromatic N) is 1. The molecule has 0 spiro atoms. The number of nitrogens with one attached hydrogen (secondary N) is 2. The summed E-state index contributed by atoms with van der Waals surface area (Å²) in [6.07, 6.45) is -1.66. The molecular weight excluding hydrogens is 560 g/mol. The van der Waals surface area contributed by atoms with E-state index in [0.717, 1.165) is 12.1 Å². The minimum absolute atomic E-state index is 0.129. The maximum absolute atomic E-state index is 13.5. The van der Waals surface area contributed by atoms with E-state index in [4.69, 9.17) is 20.9 Å². The van der Waals surface area contributed by atoms with Crippen LogP contribution in [0.4, 0.5) is 19.3 Å². The summed E-state index contributed by atoms with van der Waals surface area (Å²) >= 11 is 6.18. The van der Waals surface area contributed by atoms with Crippen molar-refractivity contribution in [2.75, 3.05) is 5.32 Å². The first kappa shape index (κ1) is 29.2. The Morgan fingerprint density at radius 1 is 1.05 bits per heavy atom. The number of hydrogen-bond acceptors (Lipinski definition) is 6. The number of aliphatic carboxylic acids is 1. The molecule has 0 saturated heterocycles. The van der Waals surface area contributed by atoms with E-state index in [9.17, 15) is 28.3 Å². The van der Waals surface area contributed by atoms with Crippen LogP contribution >= 0.6 is 11.6 Å². The topological polar surface area (TPSA) is 131 Å². The largest absolute Gasteiger partial charge is 0.480 e. The Bertz CT molecular complexity index is 1590. The highest BCUT2D eigenvalue weighted by atomic mass is 35.5. The van der Waals surface area contributed by atoms with Crippen molar-refractivity contribution in [1.82, 2.24) is 10.5 Å². The number of halogens is 3. The summed E-state index contributed by atoms with van der Waals surface area (Å²) in [5.41, 5.74) is 2.07. The molecule has 0 aliphatic heterocycles. The number of carbonyl (C=O) groups excluding carboxylic acids is 2. The normalized spacial score (nSPS) is 12.3. The van der Waals surface area contributed by atoms with Crippen molar-refractivity contribution in [3.8, 4) is 11.3 Å². The zero-order chi connectivity index (χ0) is 29.7. The molecule has 1 heterocycles. The van der Waals surface area contributed by atoms with Gasteiger partial charge in [-0.3, -0.25) is 10.1 Å². The third-order valence-electron chi connectivity index (χ3n) is 6.15. The summed E-state index contributed by atoms with van der Waals surface area (Å²) in [5.74, 6) is -4.01. The van der Waals surface area contributed by atoms with Crippen molar-refractivity contribution >= 4 is 35.3 Å². The van der Waals surface area contributed by atoms with Gasteiger partial charge in [-0.05, 0) is 49.7 Å². The highest BCUT2D eigenvalue weighted by Crippen LogP contribution is 2.32. The summed E-state index contributed by atoms with van der Waals surface area (Å²) in [5, 5.41) is 18.9. The number of benzene rings is 3. The molecule has 9 nitrogen and oxygen atoms in total. The van der Waals surface area contributed by atoms with Crippen molar-refractivity contribution in [3.63, 3.8) is 0 Å². The lowest BCUT2D eigenvalue weighted by molar-refractivity contribution is -0.139. The van der Waals surface area contributed by atoms with Gasteiger partial charge < -0.3 is 19.7 Å². The van der Waals surface area contributed by atoms with Crippen LogP contribution in [0.25, 0.3) is 11.3 Å². The van der Waals surface area contributed by atoms with E-state index in [1.54, 1.807) is 38.1 Å². The highest BCUT2D eigenvalue weighted by Gasteiger charge is 2.23. The van der Waals surface area contributed by atoms with Gasteiger partial charge in [0, 0.05) is 28.1 Å². The molecule has 2 amide bonds. The van der Waals surface area contributed by atoms with Crippen LogP contribution < -0.4 is 10.6 Å². The number of carboxylic acids is 1. The van der Waals surface area contributed by atoms with Crippen molar-refractivity contribution in [2.45, 2.75) is 32.4 Å². The maximum Gasteiger partial charge on any atom is 0.412 e. The van der Waals surface area contributed by atoms with E-state index >= 15 is 0 Å². The first-order valence-electron chi connectivity index (χ1n) is 12.3. The van der Waals surface area contributed by atoms with E-state index < -0.39 is 41.7 Å². The minimum Gasteiger partial charge on any atom is -0.480 e. The van der Waals surface area contributed by atoms with E-state index in [-0.39, 0.29) is 29.0 Å². The fourth-order valence-corrected chi connectivity index (χ4v) is 4.28. The third kappa shape index (κ3) is 7.06. The molecule has 2 unspecified atom stereocenters. The van der Waals surface area contributed by atoms with Crippen LogP contribution in [0.3, 0.4) is 0 Å². The Morgan fingerprint density at radius 3 is 2.41 bits per heavy atom. The average Bonchev–Trinajstić information content (AvgIpc) is 3.29. The summed E-state index contributed by atoms with van der Waals surface area (Å²) in [6, 6.07) is 14.5. The number of aryl methyl sites for hydroxylation is 1. The fraction of sp³-hybridized carbons (Fsp3) is 0.172. The number of aromatic nitrogens is 1. The molecule has 41 heavy (non-hydrogen) atoms. The van der Waals surface area contributed by atoms with Gasteiger partial charge in [0.25, 0.3) is 5.91 Å². The Hall–Kier alpha value is -4.77. The van der Waals surface area contributed by atoms with Crippen LogP contribution in [0.15, 0.2) is 71.3 Å². The fourth-order valence-electron chi connectivity index (χ4n) is 3.99. The molecule has 4 rings (SSSR count). The Labute approximate surface area is 238 Å². The van der Waals surface area contributed by atoms with Crippen LogP contribution in [-0.2, 0) is 16.0 Å². The smallest absolute Gasteiger partial charge is 0.412 e. The number of ether oxygens (including phenoxy) is 1. The van der Waals surface area contributed by atoms with Crippen LogP contribution in [0, 0.1) is 18.6 Å². The van der Waals surface area contributed by atoms with Gasteiger partial charge in [-0.25, -0.2) is 18.4 Å². The molecule has 1 aromatic heterocycles. The predicted octanol–water partition coefficient (Wildman–Crippen LogP) is 6.32. The molecule has 0 aliphatic rings. The molecule has 3 aromatic carbocycles. The standard InChI is InChI=1S/C29H24ClF2N3O6/c1-15-25(34-29(39)40-16(2)20-5-3-4-6-21(20)30)26(41-35-15)18-8-10-19(11-9-18)27(36)33-24(28(37)38)14-17-7-12-22(31)23(32)13-17/h3-13,16,24H,14H2,1-2H3,(H,33,36)(H,34,39)(H,37,38). The molecule has 212 valence electrons. The number of rotatable bonds is 9. The summed E-state index contributed by atoms with van der Waals surface area (Å²) in [4.78, 5) is 37.1. The van der Waals surface area contributed by atoms with E-state index in [1.165, 1.54) is 30.3 Å². The van der Waals surface area contributed by atoms with Crippen molar-refractivity contribution in [2.24, 2.45) is 0 Å². The van der Waals surface area contributed by atoms with Crippen LogP contribution in [0.2, 0.25) is 5.02 Å². The molecule has 3 N–H and O–H groups in total. The van der Waals surface area contributed by atoms with Crippen molar-refractivity contribution < 1.29 is 37.5 Å². The zero-order valence-corrected chi connectivity index (χ0v) is 22.5. The van der Waals surface area contributed by atoms with Crippen LogP contribution in [0.5, 0.6) is 0 Å². The quantitative estimate of drug-likeness (QED) is 0.210. The monoisotopic (exact) mass is 583 g/mol. The molecule has 12 heteroatoms. The molecule has 2 atom stereocenters. The van der Waals surface area contributed by atoms with Gasteiger partial charge in [0.05, 0.1) is 0 Å². The third-order valence-corrected chi connectivity index (χ3v) is 6.50. The molecule has 0 radical (unpaired) electrons. The molecule has 4 aromatic rings. The SMILES string of the molecule is Cc1noc(-c2ccc(C(=O)NC(Cc3ccc(F)c(F)c3)C(=O)O)cc2)c1NC(=O)OC(C)c1ccccc1Cl. The Balaban J connectivity index is 1.44. The lowest BCUT2D eigenvalue weighted by Gasteiger charge is -2.16. The maximum atomic E-state index is 13.5. The lowest BCUT2D eigenvalue weighted by Crippen LogP contribution is -2.42. The van der Waals surface area contributed by atoms with Gasteiger partial charge in [-0.2, -0.15) is 0 Å². The van der Waals surface area contributed by atoms with Gasteiger partial charge in [-0.15, -0.1) is 0 Å². The summed E-state index contributed by atoms with van der Waals surface area (Å²) in [7, 11) is 0. The van der Waals surface area contributed by atoms with E-state index in [0.29, 0.717) is 21.8 Å². The number of carboxylic acid groups (broad SMARTS) is 1. The molecular formula is C29H24ClF2N3O6. The number of carbonyl (C=O) groups is 3.